The molecular formula is C18H20F3NO2S. The highest BCUT2D eigenvalue weighted by molar-refractivity contribution is 7.88. The molecule has 2 aromatic rings. The van der Waals surface area contributed by atoms with Gasteiger partial charge in [-0.1, -0.05) is 48.5 Å². The number of alkyl halides is 3. The van der Waals surface area contributed by atoms with Gasteiger partial charge in [0.25, 0.3) is 0 Å². The van der Waals surface area contributed by atoms with Crippen LogP contribution in [0.1, 0.15) is 23.1 Å². The Morgan fingerprint density at radius 3 is 2.24 bits per heavy atom. The quantitative estimate of drug-likeness (QED) is 0.735. The molecule has 0 bridgehead atoms. The van der Waals surface area contributed by atoms with Crippen molar-refractivity contribution in [3.05, 3.63) is 71.3 Å². The second-order valence-electron chi connectivity index (χ2n) is 5.87. The molecule has 0 fully saturated rings. The minimum absolute atomic E-state index is 0.129. The topological polar surface area (TPSA) is 37.4 Å². The molecule has 2 aromatic carbocycles. The summed E-state index contributed by atoms with van der Waals surface area (Å²) in [4.78, 5) is 0. The molecule has 0 atom stereocenters. The molecule has 0 aliphatic carbocycles. The van der Waals surface area contributed by atoms with Crippen LogP contribution in [0.4, 0.5) is 13.2 Å². The third-order valence-electron chi connectivity index (χ3n) is 3.86. The molecule has 0 saturated heterocycles. The van der Waals surface area contributed by atoms with Crippen LogP contribution in [0.5, 0.6) is 0 Å². The summed E-state index contributed by atoms with van der Waals surface area (Å²) in [6, 6.07) is 14.1. The number of benzene rings is 2. The first-order chi connectivity index (χ1) is 11.7. The van der Waals surface area contributed by atoms with Gasteiger partial charge in [-0.15, -0.1) is 0 Å². The molecule has 136 valence electrons. The summed E-state index contributed by atoms with van der Waals surface area (Å²) in [5.74, 6) is -0.446. The van der Waals surface area contributed by atoms with E-state index in [-0.39, 0.29) is 5.56 Å². The zero-order valence-corrected chi connectivity index (χ0v) is 14.6. The van der Waals surface area contributed by atoms with Crippen LogP contribution in [-0.4, -0.2) is 26.3 Å². The first-order valence-corrected chi connectivity index (χ1v) is 9.43. The summed E-state index contributed by atoms with van der Waals surface area (Å²) in [5.41, 5.74) is 0.405. The van der Waals surface area contributed by atoms with Gasteiger partial charge < -0.3 is 0 Å². The van der Waals surface area contributed by atoms with E-state index in [1.807, 2.05) is 30.3 Å². The van der Waals surface area contributed by atoms with Gasteiger partial charge in [0.1, 0.15) is 0 Å². The molecule has 0 aliphatic heterocycles. The van der Waals surface area contributed by atoms with Gasteiger partial charge in [0.15, 0.2) is 0 Å². The van der Waals surface area contributed by atoms with Gasteiger partial charge in [0, 0.05) is 13.6 Å². The van der Waals surface area contributed by atoms with Crippen molar-refractivity contribution in [2.45, 2.75) is 24.8 Å². The largest absolute Gasteiger partial charge is 0.416 e. The lowest BCUT2D eigenvalue weighted by Gasteiger charge is -2.17. The third kappa shape index (κ3) is 5.86. The van der Waals surface area contributed by atoms with Crippen LogP contribution < -0.4 is 0 Å². The summed E-state index contributed by atoms with van der Waals surface area (Å²) in [7, 11) is -2.21. The van der Waals surface area contributed by atoms with Crippen molar-refractivity contribution in [1.29, 1.82) is 0 Å². The van der Waals surface area contributed by atoms with E-state index in [4.69, 9.17) is 0 Å². The first-order valence-electron chi connectivity index (χ1n) is 7.82. The number of hydrogen-bond donors (Lipinski definition) is 0. The van der Waals surface area contributed by atoms with Crippen LogP contribution >= 0.6 is 0 Å². The smallest absolute Gasteiger partial charge is 0.212 e. The Kier molecular flexibility index (Phi) is 6.24. The van der Waals surface area contributed by atoms with Crippen LogP contribution in [0.3, 0.4) is 0 Å². The molecule has 0 unspecified atom stereocenters. The van der Waals surface area contributed by atoms with E-state index in [2.05, 4.69) is 0 Å². The van der Waals surface area contributed by atoms with Gasteiger partial charge in [0.2, 0.25) is 10.0 Å². The number of halogens is 3. The molecule has 0 aromatic heterocycles. The molecule has 0 amide bonds. The molecule has 0 N–H and O–H groups in total. The van der Waals surface area contributed by atoms with Crippen molar-refractivity contribution in [2.24, 2.45) is 0 Å². The summed E-state index contributed by atoms with van der Waals surface area (Å²) in [6.07, 6.45) is -3.10. The molecule has 0 spiro atoms. The number of nitrogens with zero attached hydrogens (tertiary/aromatic N) is 1. The average molecular weight is 371 g/mol. The van der Waals surface area contributed by atoms with E-state index >= 15 is 0 Å². The zero-order chi connectivity index (χ0) is 18.5. The minimum atomic E-state index is -4.48. The molecule has 3 nitrogen and oxygen atoms in total. The fourth-order valence-corrected chi connectivity index (χ4v) is 3.68. The van der Waals surface area contributed by atoms with E-state index in [0.717, 1.165) is 24.1 Å². The Morgan fingerprint density at radius 2 is 1.60 bits per heavy atom. The van der Waals surface area contributed by atoms with Crippen molar-refractivity contribution >= 4 is 10.0 Å². The number of aryl methyl sites for hydroxylation is 1. The molecule has 25 heavy (non-hydrogen) atoms. The van der Waals surface area contributed by atoms with Crippen molar-refractivity contribution in [1.82, 2.24) is 4.31 Å². The standard InChI is InChI=1S/C18H20F3NO2S/c1-22(12-6-10-15-7-3-2-4-8-15)25(23,24)14-16-9-5-11-17(13-16)18(19,20)21/h2-5,7-9,11,13H,6,10,12,14H2,1H3. The Morgan fingerprint density at radius 1 is 0.960 bits per heavy atom. The first kappa shape index (κ1) is 19.5. The normalized spacial score (nSPS) is 12.5. The van der Waals surface area contributed by atoms with E-state index in [1.165, 1.54) is 23.5 Å². The van der Waals surface area contributed by atoms with E-state index in [1.54, 1.807) is 0 Å². The van der Waals surface area contributed by atoms with Crippen molar-refractivity contribution in [3.63, 3.8) is 0 Å². The lowest BCUT2D eigenvalue weighted by atomic mass is 10.1. The van der Waals surface area contributed by atoms with E-state index in [9.17, 15) is 21.6 Å². The maximum atomic E-state index is 12.7. The van der Waals surface area contributed by atoms with Crippen molar-refractivity contribution < 1.29 is 21.6 Å². The molecule has 0 saturated carbocycles. The highest BCUT2D eigenvalue weighted by atomic mass is 32.2. The SMILES string of the molecule is CN(CCCc1ccccc1)S(=O)(=O)Cc1cccc(C(F)(F)F)c1. The van der Waals surface area contributed by atoms with E-state index in [0.29, 0.717) is 13.0 Å². The summed E-state index contributed by atoms with van der Waals surface area (Å²) in [6.45, 7) is 0.316. The lowest BCUT2D eigenvalue weighted by Crippen LogP contribution is -2.29. The molecule has 0 heterocycles. The van der Waals surface area contributed by atoms with Crippen molar-refractivity contribution in [3.8, 4) is 0 Å². The lowest BCUT2D eigenvalue weighted by molar-refractivity contribution is -0.137. The zero-order valence-electron chi connectivity index (χ0n) is 13.8. The highest BCUT2D eigenvalue weighted by Gasteiger charge is 2.31. The molecular weight excluding hydrogens is 351 g/mol. The third-order valence-corrected chi connectivity index (χ3v) is 5.69. The van der Waals surface area contributed by atoms with E-state index < -0.39 is 27.5 Å². The molecule has 0 aliphatic rings. The number of sulfonamides is 1. The number of hydrogen-bond acceptors (Lipinski definition) is 2. The fourth-order valence-electron chi connectivity index (χ4n) is 2.45. The number of rotatable bonds is 7. The van der Waals surface area contributed by atoms with Crippen LogP contribution in [-0.2, 0) is 28.4 Å². The predicted molar refractivity (Wildman–Crippen MR) is 91.5 cm³/mol. The summed E-state index contributed by atoms with van der Waals surface area (Å²) < 4.78 is 64.1. The van der Waals surface area contributed by atoms with Gasteiger partial charge >= 0.3 is 6.18 Å². The monoisotopic (exact) mass is 371 g/mol. The molecule has 7 heteroatoms. The molecule has 2 rings (SSSR count). The predicted octanol–water partition coefficient (Wildman–Crippen LogP) is 4.10. The van der Waals surface area contributed by atoms with Crippen LogP contribution in [0.15, 0.2) is 54.6 Å². The van der Waals surface area contributed by atoms with Gasteiger partial charge in [-0.25, -0.2) is 12.7 Å². The Balaban J connectivity index is 1.96. The second-order valence-corrected chi connectivity index (χ2v) is 7.94. The molecule has 0 radical (unpaired) electrons. The van der Waals surface area contributed by atoms with Crippen LogP contribution in [0, 0.1) is 0 Å². The second kappa shape index (κ2) is 8.01. The summed E-state index contributed by atoms with van der Waals surface area (Å²) in [5, 5.41) is 0. The maximum absolute atomic E-state index is 12.7. The maximum Gasteiger partial charge on any atom is 0.416 e. The Bertz CT molecular complexity index is 789. The van der Waals surface area contributed by atoms with Gasteiger partial charge in [-0.2, -0.15) is 13.2 Å². The van der Waals surface area contributed by atoms with Crippen LogP contribution in [0.25, 0.3) is 0 Å². The van der Waals surface area contributed by atoms with Crippen molar-refractivity contribution in [2.75, 3.05) is 13.6 Å². The van der Waals surface area contributed by atoms with Gasteiger partial charge in [0.05, 0.1) is 11.3 Å². The van der Waals surface area contributed by atoms with Gasteiger partial charge in [-0.3, -0.25) is 0 Å². The summed E-state index contributed by atoms with van der Waals surface area (Å²) >= 11 is 0. The fraction of sp³-hybridized carbons (Fsp3) is 0.333. The average Bonchev–Trinajstić information content (AvgIpc) is 2.55. The minimum Gasteiger partial charge on any atom is -0.212 e. The van der Waals surface area contributed by atoms with Gasteiger partial charge in [-0.05, 0) is 30.0 Å². The highest BCUT2D eigenvalue weighted by Crippen LogP contribution is 2.30. The Labute approximate surface area is 146 Å². The Hall–Kier alpha value is -1.86. The van der Waals surface area contributed by atoms with Crippen LogP contribution in [0.2, 0.25) is 0 Å².